The molecular formula is C28H46N2O14S. The molecule has 0 bridgehead atoms. The first-order valence-corrected chi connectivity index (χ1v) is 16.3. The number of hydrogen-bond donors (Lipinski definition) is 5. The van der Waals surface area contributed by atoms with Gasteiger partial charge in [-0.2, -0.15) is 8.42 Å². The fourth-order valence-corrected chi connectivity index (χ4v) is 4.75. The minimum absolute atomic E-state index is 0.0101. The highest BCUT2D eigenvalue weighted by molar-refractivity contribution is 7.85. The highest BCUT2D eigenvalue weighted by Crippen LogP contribution is 2.17. The highest BCUT2D eigenvalue weighted by Gasteiger charge is 2.27. The van der Waals surface area contributed by atoms with Gasteiger partial charge in [-0.1, -0.05) is 20.3 Å². The van der Waals surface area contributed by atoms with Gasteiger partial charge in [0.05, 0.1) is 44.0 Å². The molecule has 0 heterocycles. The molecule has 258 valence electrons. The summed E-state index contributed by atoms with van der Waals surface area (Å²) in [5, 5.41) is 23.6. The fourth-order valence-electron chi connectivity index (χ4n) is 3.93. The Labute approximate surface area is 262 Å². The van der Waals surface area contributed by atoms with Crippen LogP contribution in [0.5, 0.6) is 0 Å². The summed E-state index contributed by atoms with van der Waals surface area (Å²) in [6, 6.07) is 0. The van der Waals surface area contributed by atoms with Gasteiger partial charge >= 0.3 is 11.9 Å². The molecule has 0 aliphatic carbocycles. The Morgan fingerprint density at radius 1 is 0.756 bits per heavy atom. The van der Waals surface area contributed by atoms with Crippen molar-refractivity contribution in [3.63, 3.8) is 0 Å². The second kappa shape index (κ2) is 23.1. The molecule has 0 aliphatic heterocycles. The molecule has 45 heavy (non-hydrogen) atoms. The minimum atomic E-state index is -4.40. The van der Waals surface area contributed by atoms with E-state index in [4.69, 9.17) is 14.0 Å². The summed E-state index contributed by atoms with van der Waals surface area (Å²) in [6.07, 6.45) is 0.544. The Morgan fingerprint density at radius 2 is 1.31 bits per heavy atom. The summed E-state index contributed by atoms with van der Waals surface area (Å²) in [5.41, 5.74) is 0. The number of nitrogens with one attached hydrogen (secondary N) is 2. The van der Waals surface area contributed by atoms with Crippen LogP contribution in [0, 0.1) is 17.8 Å². The van der Waals surface area contributed by atoms with Gasteiger partial charge in [-0.25, -0.2) is 0 Å². The average Bonchev–Trinajstić information content (AvgIpc) is 2.94. The maximum absolute atomic E-state index is 12.1. The number of ketones is 3. The Bertz CT molecular complexity index is 1110. The molecule has 0 spiro atoms. The lowest BCUT2D eigenvalue weighted by molar-refractivity contribution is -0.145. The van der Waals surface area contributed by atoms with Gasteiger partial charge in [0.2, 0.25) is 11.8 Å². The van der Waals surface area contributed by atoms with Gasteiger partial charge in [0.1, 0.15) is 12.4 Å². The van der Waals surface area contributed by atoms with Crippen LogP contribution in [0.1, 0.15) is 71.6 Å². The van der Waals surface area contributed by atoms with Crippen LogP contribution in [-0.2, 0) is 53.2 Å². The molecule has 3 atom stereocenters. The SMILES string of the molecule is CCCCC(=O)CNC(=O)CCC(CC(=O)COCCOCCNC(=O)CCC(CC(=O)C(C)CS(=O)(=O)O)C(=O)O)C(=O)O. The molecule has 0 aromatic carbocycles. The molecule has 17 heteroatoms. The van der Waals surface area contributed by atoms with Crippen molar-refractivity contribution in [1.29, 1.82) is 0 Å². The minimum Gasteiger partial charge on any atom is -0.481 e. The number of carboxylic acids is 2. The molecule has 16 nitrogen and oxygen atoms in total. The number of unbranched alkanes of at least 4 members (excludes halogenated alkanes) is 1. The Hall–Kier alpha value is -3.28. The Balaban J connectivity index is 4.15. The predicted molar refractivity (Wildman–Crippen MR) is 158 cm³/mol. The molecule has 0 rings (SSSR count). The summed E-state index contributed by atoms with van der Waals surface area (Å²) in [4.78, 5) is 82.6. The van der Waals surface area contributed by atoms with Crippen LogP contribution in [-0.4, -0.2) is 110 Å². The molecule has 2 amide bonds. The van der Waals surface area contributed by atoms with Gasteiger partial charge in [0.25, 0.3) is 10.1 Å². The maximum atomic E-state index is 12.1. The van der Waals surface area contributed by atoms with Gasteiger partial charge in [-0.05, 0) is 19.3 Å². The van der Waals surface area contributed by atoms with Gasteiger partial charge in [0, 0.05) is 44.6 Å². The second-order valence-electron chi connectivity index (χ2n) is 10.6. The van der Waals surface area contributed by atoms with Crippen molar-refractivity contribution in [3.05, 3.63) is 0 Å². The zero-order chi connectivity index (χ0) is 34.4. The van der Waals surface area contributed by atoms with E-state index in [9.17, 15) is 52.2 Å². The van der Waals surface area contributed by atoms with E-state index in [0.717, 1.165) is 12.8 Å². The van der Waals surface area contributed by atoms with Gasteiger partial charge in [-0.15, -0.1) is 0 Å². The van der Waals surface area contributed by atoms with Crippen LogP contribution in [0.25, 0.3) is 0 Å². The van der Waals surface area contributed by atoms with Gasteiger partial charge in [0.15, 0.2) is 11.6 Å². The predicted octanol–water partition coefficient (Wildman–Crippen LogP) is 0.416. The maximum Gasteiger partial charge on any atom is 0.306 e. The third-order valence-corrected chi connectivity index (χ3v) is 7.49. The molecule has 0 radical (unpaired) electrons. The van der Waals surface area contributed by atoms with Crippen molar-refractivity contribution in [3.8, 4) is 0 Å². The molecule has 5 N–H and O–H groups in total. The number of ether oxygens (including phenoxy) is 2. The smallest absolute Gasteiger partial charge is 0.306 e. The molecule has 0 aromatic heterocycles. The zero-order valence-corrected chi connectivity index (χ0v) is 26.6. The van der Waals surface area contributed by atoms with Crippen molar-refractivity contribution in [2.75, 3.05) is 45.3 Å². The van der Waals surface area contributed by atoms with E-state index in [0.29, 0.717) is 6.42 Å². The average molecular weight is 667 g/mol. The summed E-state index contributed by atoms with van der Waals surface area (Å²) >= 11 is 0. The molecule has 0 saturated carbocycles. The van der Waals surface area contributed by atoms with Crippen LogP contribution in [0.3, 0.4) is 0 Å². The van der Waals surface area contributed by atoms with Crippen LogP contribution in [0.2, 0.25) is 0 Å². The van der Waals surface area contributed by atoms with E-state index in [1.807, 2.05) is 6.92 Å². The van der Waals surface area contributed by atoms with E-state index in [1.54, 1.807) is 0 Å². The number of carbonyl (C=O) groups excluding carboxylic acids is 5. The summed E-state index contributed by atoms with van der Waals surface area (Å²) in [5.74, 6) is -8.94. The van der Waals surface area contributed by atoms with Crippen molar-refractivity contribution >= 4 is 51.2 Å². The van der Waals surface area contributed by atoms with Crippen LogP contribution >= 0.6 is 0 Å². The summed E-state index contributed by atoms with van der Waals surface area (Å²) in [7, 11) is -4.40. The van der Waals surface area contributed by atoms with E-state index in [-0.39, 0.29) is 77.4 Å². The number of aliphatic carboxylic acids is 2. The second-order valence-corrected chi connectivity index (χ2v) is 12.1. The molecule has 0 aromatic rings. The van der Waals surface area contributed by atoms with Crippen LogP contribution < -0.4 is 10.6 Å². The lowest BCUT2D eigenvalue weighted by Gasteiger charge is -2.14. The Morgan fingerprint density at radius 3 is 1.87 bits per heavy atom. The third-order valence-electron chi connectivity index (χ3n) is 6.57. The van der Waals surface area contributed by atoms with E-state index in [1.165, 1.54) is 6.92 Å². The van der Waals surface area contributed by atoms with E-state index >= 15 is 0 Å². The van der Waals surface area contributed by atoms with Crippen molar-refractivity contribution < 1.29 is 66.2 Å². The number of hydrogen-bond acceptors (Lipinski definition) is 11. The molecular weight excluding hydrogens is 620 g/mol. The first-order chi connectivity index (χ1) is 21.0. The van der Waals surface area contributed by atoms with E-state index < -0.39 is 75.4 Å². The number of amides is 2. The van der Waals surface area contributed by atoms with Crippen molar-refractivity contribution in [2.45, 2.75) is 71.6 Å². The van der Waals surface area contributed by atoms with Gasteiger partial charge in [-0.3, -0.25) is 38.1 Å². The highest BCUT2D eigenvalue weighted by atomic mass is 32.2. The molecule has 0 aliphatic rings. The lowest BCUT2D eigenvalue weighted by Crippen LogP contribution is -2.30. The lowest BCUT2D eigenvalue weighted by atomic mass is 9.92. The zero-order valence-electron chi connectivity index (χ0n) is 25.8. The Kier molecular flexibility index (Phi) is 21.4. The van der Waals surface area contributed by atoms with E-state index in [2.05, 4.69) is 10.6 Å². The number of carboxylic acid groups (broad SMARTS) is 2. The normalized spacial score (nSPS) is 13.3. The number of carbonyl (C=O) groups is 7. The van der Waals surface area contributed by atoms with Crippen LogP contribution in [0.15, 0.2) is 0 Å². The van der Waals surface area contributed by atoms with Crippen molar-refractivity contribution in [1.82, 2.24) is 10.6 Å². The first-order valence-electron chi connectivity index (χ1n) is 14.7. The summed E-state index contributed by atoms with van der Waals surface area (Å²) in [6.45, 7) is 2.96. The summed E-state index contributed by atoms with van der Waals surface area (Å²) < 4.78 is 41.1. The fraction of sp³-hybridized carbons (Fsp3) is 0.750. The van der Waals surface area contributed by atoms with Gasteiger partial charge < -0.3 is 30.3 Å². The van der Waals surface area contributed by atoms with Crippen molar-refractivity contribution in [2.24, 2.45) is 17.8 Å². The molecule has 3 unspecified atom stereocenters. The standard InChI is InChI=1S/C28H46N2O14S/c1-3-4-5-22(31)16-30-26(35)9-6-20(27(36)37)14-23(32)17-44-13-12-43-11-10-29-25(34)8-7-21(28(38)39)15-24(33)19(2)18-45(40,41)42/h19-21H,3-18H2,1-2H3,(H,29,34)(H,30,35)(H,36,37)(H,38,39)(H,40,41,42). The number of Topliss-reactive ketones (excluding diaryl/α,β-unsaturated/α-hetero) is 3. The monoisotopic (exact) mass is 666 g/mol. The first kappa shape index (κ1) is 41.7. The van der Waals surface area contributed by atoms with Crippen LogP contribution in [0.4, 0.5) is 0 Å². The topological polar surface area (TPSA) is 257 Å². The quantitative estimate of drug-likeness (QED) is 0.0560. The largest absolute Gasteiger partial charge is 0.481 e. The number of rotatable bonds is 28. The molecule has 0 fully saturated rings. The molecule has 0 saturated heterocycles. The third kappa shape index (κ3) is 22.8.